The first-order chi connectivity index (χ1) is 14.3. The first-order valence-electron chi connectivity index (χ1n) is 11.7. The van der Waals surface area contributed by atoms with Crippen molar-refractivity contribution in [2.24, 2.45) is 0 Å². The van der Waals surface area contributed by atoms with E-state index in [1.165, 1.54) is 0 Å². The highest BCUT2D eigenvalue weighted by Gasteiger charge is 2.45. The number of benzene rings is 1. The lowest BCUT2D eigenvalue weighted by Gasteiger charge is -2.46. The summed E-state index contributed by atoms with van der Waals surface area (Å²) >= 11 is 0. The van der Waals surface area contributed by atoms with Crippen molar-refractivity contribution >= 4 is 17.6 Å². The van der Waals surface area contributed by atoms with Crippen molar-refractivity contribution in [3.63, 3.8) is 0 Å². The number of rotatable bonds is 8. The number of ether oxygens (including phenoxy) is 1. The number of quaternary nitrogens is 1. The minimum atomic E-state index is -0.209. The topological polar surface area (TPSA) is 55.4 Å². The van der Waals surface area contributed by atoms with Gasteiger partial charge >= 0.3 is 5.97 Å². The highest BCUT2D eigenvalue weighted by atomic mass is 16.5. The summed E-state index contributed by atoms with van der Waals surface area (Å²) in [7, 11) is 0. The highest BCUT2D eigenvalue weighted by molar-refractivity contribution is 5.95. The Morgan fingerprint density at radius 3 is 2.37 bits per heavy atom. The number of carbonyl (C=O) groups is 2. The van der Waals surface area contributed by atoms with Crippen molar-refractivity contribution in [1.29, 1.82) is 0 Å². The molecule has 1 aromatic rings. The van der Waals surface area contributed by atoms with Crippen LogP contribution in [0.15, 0.2) is 18.2 Å². The third kappa shape index (κ3) is 7.12. The maximum Gasteiger partial charge on any atom is 0.362 e. The van der Waals surface area contributed by atoms with Crippen molar-refractivity contribution in [2.45, 2.75) is 92.7 Å². The van der Waals surface area contributed by atoms with Gasteiger partial charge in [0, 0.05) is 12.1 Å². The molecule has 1 saturated heterocycles. The smallest absolute Gasteiger partial charge is 0.362 e. The molecular weight excluding hydrogens is 376 g/mol. The number of carbonyl (C=O) groups excluding carboxylic acids is 2. The van der Waals surface area contributed by atoms with Crippen molar-refractivity contribution in [2.75, 3.05) is 25.0 Å². The molecule has 0 spiro atoms. The fourth-order valence-corrected chi connectivity index (χ4v) is 4.36. The molecule has 2 atom stereocenters. The number of piperidine rings is 1. The maximum absolute atomic E-state index is 13.4. The maximum atomic E-state index is 13.4. The Balaban J connectivity index is 0.00000218. The number of anilines is 1. The molecule has 1 N–H and O–H groups in total. The minimum Gasteiger partial charge on any atom is -0.459 e. The van der Waals surface area contributed by atoms with Crippen LogP contribution in [0.25, 0.3) is 0 Å². The fraction of sp³-hybridized carbons (Fsp3) is 0.680. The van der Waals surface area contributed by atoms with Crippen LogP contribution in [0.5, 0.6) is 0 Å². The van der Waals surface area contributed by atoms with Crippen LogP contribution in [0.1, 0.15) is 77.8 Å². The van der Waals surface area contributed by atoms with Crippen molar-refractivity contribution < 1.29 is 18.8 Å². The van der Waals surface area contributed by atoms with Crippen LogP contribution in [-0.2, 0) is 14.3 Å². The minimum absolute atomic E-state index is 0.0329. The molecule has 0 aliphatic carbocycles. The first-order valence-corrected chi connectivity index (χ1v) is 11.7. The summed E-state index contributed by atoms with van der Waals surface area (Å²) in [5.74, 6) is -0.163. The SMILES string of the molecule is CC.CCCC[N+]1(CC(=O)OC(C)C)CCCCC1C(=O)Nc1c(C)cccc1C. The fourth-order valence-electron chi connectivity index (χ4n) is 4.36. The van der Waals surface area contributed by atoms with Crippen molar-refractivity contribution in [3.05, 3.63) is 29.3 Å². The molecule has 2 unspecified atom stereocenters. The molecule has 5 heteroatoms. The Morgan fingerprint density at radius 1 is 1.17 bits per heavy atom. The summed E-state index contributed by atoms with van der Waals surface area (Å²) in [5, 5.41) is 3.19. The van der Waals surface area contributed by atoms with Crippen LogP contribution in [0.3, 0.4) is 0 Å². The van der Waals surface area contributed by atoms with Gasteiger partial charge in [0.1, 0.15) is 0 Å². The largest absolute Gasteiger partial charge is 0.459 e. The van der Waals surface area contributed by atoms with E-state index in [1.54, 1.807) is 0 Å². The number of aryl methyl sites for hydroxylation is 2. The van der Waals surface area contributed by atoms with E-state index in [1.807, 2.05) is 59.7 Å². The van der Waals surface area contributed by atoms with Crippen LogP contribution >= 0.6 is 0 Å². The Bertz CT molecular complexity index is 667. The second-order valence-corrected chi connectivity index (χ2v) is 8.48. The Morgan fingerprint density at radius 2 is 1.80 bits per heavy atom. The van der Waals surface area contributed by atoms with Crippen LogP contribution in [0, 0.1) is 13.8 Å². The van der Waals surface area contributed by atoms with Gasteiger partial charge in [-0.1, -0.05) is 45.4 Å². The van der Waals surface area contributed by atoms with Crippen LogP contribution < -0.4 is 5.32 Å². The molecule has 1 aromatic carbocycles. The molecule has 1 aliphatic heterocycles. The predicted octanol–water partition coefficient (Wildman–Crippen LogP) is 5.39. The van der Waals surface area contributed by atoms with E-state index in [4.69, 9.17) is 4.74 Å². The zero-order chi connectivity index (χ0) is 22.7. The predicted molar refractivity (Wildman–Crippen MR) is 125 cm³/mol. The molecule has 1 aliphatic rings. The summed E-state index contributed by atoms with van der Waals surface area (Å²) in [6.07, 6.45) is 4.80. The number of hydrogen-bond acceptors (Lipinski definition) is 3. The lowest BCUT2D eigenvalue weighted by atomic mass is 9.95. The lowest BCUT2D eigenvalue weighted by Crippen LogP contribution is -2.64. The second-order valence-electron chi connectivity index (χ2n) is 8.48. The number of para-hydroxylation sites is 1. The van der Waals surface area contributed by atoms with Gasteiger partial charge in [-0.05, 0) is 58.1 Å². The van der Waals surface area contributed by atoms with Gasteiger partial charge in [0.2, 0.25) is 0 Å². The molecule has 1 amide bonds. The average molecular weight is 420 g/mol. The number of unbranched alkanes of at least 4 members (excludes halogenated alkanes) is 1. The molecular formula is C25H43N2O3+. The molecule has 5 nitrogen and oxygen atoms in total. The number of nitrogens with one attached hydrogen (secondary N) is 1. The normalized spacial score (nSPS) is 20.9. The van der Waals surface area contributed by atoms with Gasteiger partial charge in [0.25, 0.3) is 5.91 Å². The van der Waals surface area contributed by atoms with Crippen molar-refractivity contribution in [3.8, 4) is 0 Å². The molecule has 0 aromatic heterocycles. The van der Waals surface area contributed by atoms with Crippen LogP contribution in [0.2, 0.25) is 0 Å². The lowest BCUT2D eigenvalue weighted by molar-refractivity contribution is -0.940. The zero-order valence-electron chi connectivity index (χ0n) is 20.2. The van der Waals surface area contributed by atoms with E-state index < -0.39 is 0 Å². The number of amides is 1. The van der Waals surface area contributed by atoms with Gasteiger partial charge in [-0.25, -0.2) is 4.79 Å². The van der Waals surface area contributed by atoms with Crippen LogP contribution in [0.4, 0.5) is 5.69 Å². The first kappa shape index (κ1) is 26.2. The number of likely N-dealkylation sites (tertiary alicyclic amines) is 1. The Kier molecular flexibility index (Phi) is 11.1. The Hall–Kier alpha value is -1.88. The molecule has 0 saturated carbocycles. The summed E-state index contributed by atoms with van der Waals surface area (Å²) < 4.78 is 5.98. The highest BCUT2D eigenvalue weighted by Crippen LogP contribution is 2.29. The molecule has 0 bridgehead atoms. The Labute approximate surface area is 183 Å². The van der Waals surface area contributed by atoms with E-state index >= 15 is 0 Å². The average Bonchev–Trinajstić information content (AvgIpc) is 2.70. The summed E-state index contributed by atoms with van der Waals surface area (Å²) in [6, 6.07) is 5.83. The monoisotopic (exact) mass is 419 g/mol. The van der Waals surface area contributed by atoms with Gasteiger partial charge < -0.3 is 14.5 Å². The molecule has 1 heterocycles. The van der Waals surface area contributed by atoms with E-state index in [-0.39, 0.29) is 30.6 Å². The molecule has 0 radical (unpaired) electrons. The summed E-state index contributed by atoms with van der Waals surface area (Å²) in [6.45, 7) is 15.9. The van der Waals surface area contributed by atoms with Gasteiger partial charge in [-0.3, -0.25) is 4.79 Å². The number of esters is 1. The van der Waals surface area contributed by atoms with E-state index in [0.29, 0.717) is 4.48 Å². The van der Waals surface area contributed by atoms with Crippen LogP contribution in [-0.4, -0.2) is 48.1 Å². The zero-order valence-corrected chi connectivity index (χ0v) is 20.2. The van der Waals surface area contributed by atoms with Gasteiger partial charge in [0.15, 0.2) is 12.6 Å². The van der Waals surface area contributed by atoms with Gasteiger partial charge in [-0.15, -0.1) is 0 Å². The van der Waals surface area contributed by atoms with E-state index in [9.17, 15) is 9.59 Å². The van der Waals surface area contributed by atoms with E-state index in [2.05, 4.69) is 12.2 Å². The summed E-state index contributed by atoms with van der Waals surface area (Å²) in [5.41, 5.74) is 3.03. The molecule has 1 fully saturated rings. The van der Waals surface area contributed by atoms with Gasteiger partial charge in [-0.2, -0.15) is 0 Å². The standard InChI is InChI=1S/C23H36N2O3.C2H6/c1-6-7-14-25(16-21(26)28-17(2)3)15-9-8-13-20(25)23(27)24-22-18(4)11-10-12-19(22)5;1-2/h10-12,17,20H,6-9,13-16H2,1-5H3;1-2H3/p+1. The third-order valence-electron chi connectivity index (χ3n) is 5.79. The second kappa shape index (κ2) is 12.7. The number of nitrogens with zero attached hydrogens (tertiary/aromatic N) is 1. The molecule has 170 valence electrons. The third-order valence-corrected chi connectivity index (χ3v) is 5.79. The molecule has 2 rings (SSSR count). The quantitative estimate of drug-likeness (QED) is 0.454. The summed E-state index contributed by atoms with van der Waals surface area (Å²) in [4.78, 5) is 25.9. The molecule has 30 heavy (non-hydrogen) atoms. The van der Waals surface area contributed by atoms with Gasteiger partial charge in [0.05, 0.1) is 19.2 Å². The van der Waals surface area contributed by atoms with E-state index in [0.717, 1.165) is 62.0 Å². The number of hydrogen-bond donors (Lipinski definition) is 1. The van der Waals surface area contributed by atoms with Crippen molar-refractivity contribution in [1.82, 2.24) is 0 Å².